The summed E-state index contributed by atoms with van der Waals surface area (Å²) in [4.78, 5) is 45.7. The predicted octanol–water partition coefficient (Wildman–Crippen LogP) is 3.30. The zero-order chi connectivity index (χ0) is 26.9. The summed E-state index contributed by atoms with van der Waals surface area (Å²) in [6.07, 6.45) is 0. The number of hydrogen-bond acceptors (Lipinski definition) is 7. The molecule has 3 heterocycles. The van der Waals surface area contributed by atoms with E-state index in [-0.39, 0.29) is 17.0 Å². The number of morpholine rings is 1. The largest absolute Gasteiger partial charge is 0.507 e. The average Bonchev–Trinajstić information content (AvgIpc) is 3.34. The molecule has 1 atom stereocenters. The number of nitrogens with one attached hydrogen (secondary N) is 1. The Hall–Kier alpha value is -3.43. The number of carbonyl (C=O) groups is 3. The molecule has 9 heteroatoms. The van der Waals surface area contributed by atoms with Crippen molar-refractivity contribution in [3.63, 3.8) is 0 Å². The van der Waals surface area contributed by atoms with E-state index in [1.165, 1.54) is 7.11 Å². The number of nitrogens with zero attached hydrogens (tertiary/aromatic N) is 2. The number of amides is 1. The maximum atomic E-state index is 13.4. The van der Waals surface area contributed by atoms with Crippen molar-refractivity contribution in [3.05, 3.63) is 63.5 Å². The quantitative estimate of drug-likeness (QED) is 0.255. The Balaban J connectivity index is 1.80. The fourth-order valence-electron chi connectivity index (χ4n) is 5.14. The molecular weight excluding hydrogens is 474 g/mol. The van der Waals surface area contributed by atoms with E-state index in [1.807, 2.05) is 24.3 Å². The second-order valence-corrected chi connectivity index (χ2v) is 9.88. The van der Waals surface area contributed by atoms with Gasteiger partial charge >= 0.3 is 5.97 Å². The summed E-state index contributed by atoms with van der Waals surface area (Å²) in [5, 5.41) is 11.5. The molecule has 2 fully saturated rings. The van der Waals surface area contributed by atoms with Crippen molar-refractivity contribution in [1.29, 1.82) is 0 Å². The highest BCUT2D eigenvalue weighted by Crippen LogP contribution is 2.41. The smallest absolute Gasteiger partial charge is 0.354 e. The van der Waals surface area contributed by atoms with Crippen molar-refractivity contribution >= 4 is 23.4 Å². The van der Waals surface area contributed by atoms with Gasteiger partial charge in [-0.1, -0.05) is 38.1 Å². The number of ketones is 1. The van der Waals surface area contributed by atoms with Gasteiger partial charge in [0.15, 0.2) is 0 Å². The van der Waals surface area contributed by atoms with Gasteiger partial charge in [0.2, 0.25) is 0 Å². The number of aliphatic hydroxyl groups is 1. The van der Waals surface area contributed by atoms with Gasteiger partial charge in [-0.15, -0.1) is 0 Å². The molecule has 2 N–H and O–H groups in total. The zero-order valence-corrected chi connectivity index (χ0v) is 22.1. The van der Waals surface area contributed by atoms with Crippen LogP contribution < -0.4 is 0 Å². The number of hydrogen-bond donors (Lipinski definition) is 2. The van der Waals surface area contributed by atoms with E-state index in [4.69, 9.17) is 9.47 Å². The molecule has 4 rings (SSSR count). The van der Waals surface area contributed by atoms with Gasteiger partial charge in [-0.25, -0.2) is 4.79 Å². The molecule has 37 heavy (non-hydrogen) atoms. The SMILES string of the molecule is COC(=O)c1[nH]c(C)c(/C(O)=C2\C(=O)C(=O)N(CCN3CCOCC3)[C@@H]2c2ccc(C(C)C)cc2)c1C. The van der Waals surface area contributed by atoms with Gasteiger partial charge in [-0.05, 0) is 36.5 Å². The Morgan fingerprint density at radius 2 is 1.78 bits per heavy atom. The number of rotatable bonds is 7. The topological polar surface area (TPSA) is 112 Å². The molecule has 1 aromatic heterocycles. The molecule has 2 aromatic rings. The minimum atomic E-state index is -0.752. The number of aliphatic hydroxyl groups excluding tert-OH is 1. The van der Waals surface area contributed by atoms with E-state index in [0.29, 0.717) is 49.0 Å². The highest BCUT2D eigenvalue weighted by molar-refractivity contribution is 6.46. The molecule has 2 aliphatic rings. The van der Waals surface area contributed by atoms with E-state index in [2.05, 4.69) is 23.7 Å². The summed E-state index contributed by atoms with van der Waals surface area (Å²) in [7, 11) is 1.28. The van der Waals surface area contributed by atoms with Crippen molar-refractivity contribution in [3.8, 4) is 0 Å². The lowest BCUT2D eigenvalue weighted by molar-refractivity contribution is -0.140. The first kappa shape index (κ1) is 26.6. The summed E-state index contributed by atoms with van der Waals surface area (Å²) >= 11 is 0. The van der Waals surface area contributed by atoms with E-state index < -0.39 is 23.7 Å². The molecule has 2 aliphatic heterocycles. The summed E-state index contributed by atoms with van der Waals surface area (Å²) in [6.45, 7) is 11.3. The Labute approximate surface area is 217 Å². The van der Waals surface area contributed by atoms with Crippen LogP contribution in [0.5, 0.6) is 0 Å². The first-order valence-electron chi connectivity index (χ1n) is 12.6. The Kier molecular flexibility index (Phi) is 7.85. The molecule has 2 saturated heterocycles. The van der Waals surface area contributed by atoms with E-state index >= 15 is 0 Å². The van der Waals surface area contributed by atoms with Crippen LogP contribution in [0, 0.1) is 13.8 Å². The summed E-state index contributed by atoms with van der Waals surface area (Å²) < 4.78 is 10.3. The Morgan fingerprint density at radius 1 is 1.14 bits per heavy atom. The molecule has 9 nitrogen and oxygen atoms in total. The number of likely N-dealkylation sites (tertiary alicyclic amines) is 1. The standard InChI is InChI=1S/C28H35N3O6/c1-16(2)19-6-8-20(9-7-19)24-22(25(32)21-17(3)23(28(35)36-5)29-18(21)4)26(33)27(34)31(24)11-10-30-12-14-37-15-13-30/h6-9,16,24,29,32H,10-15H2,1-5H3/b25-22+/t24-/m1/s1. The lowest BCUT2D eigenvalue weighted by atomic mass is 9.92. The highest BCUT2D eigenvalue weighted by atomic mass is 16.5. The second-order valence-electron chi connectivity index (χ2n) is 9.88. The molecule has 0 aliphatic carbocycles. The number of Topliss-reactive ketones (excluding diaryl/α,β-unsaturated/α-hetero) is 1. The number of aryl methyl sites for hydroxylation is 1. The normalized spacial score (nSPS) is 20.2. The number of esters is 1. The summed E-state index contributed by atoms with van der Waals surface area (Å²) in [6, 6.07) is 7.06. The third-order valence-corrected chi connectivity index (χ3v) is 7.28. The lowest BCUT2D eigenvalue weighted by Crippen LogP contribution is -2.42. The minimum absolute atomic E-state index is 0.0193. The van der Waals surface area contributed by atoms with Gasteiger partial charge in [0.05, 0.1) is 31.9 Å². The van der Waals surface area contributed by atoms with Crippen LogP contribution in [-0.2, 0) is 19.1 Å². The highest BCUT2D eigenvalue weighted by Gasteiger charge is 2.46. The van der Waals surface area contributed by atoms with Crippen LogP contribution in [0.15, 0.2) is 29.8 Å². The second kappa shape index (κ2) is 10.9. The Morgan fingerprint density at radius 3 is 2.38 bits per heavy atom. The molecule has 0 bridgehead atoms. The summed E-state index contributed by atoms with van der Waals surface area (Å²) in [5.41, 5.74) is 3.38. The van der Waals surface area contributed by atoms with Gasteiger partial charge in [0.1, 0.15) is 11.5 Å². The first-order chi connectivity index (χ1) is 17.6. The van der Waals surface area contributed by atoms with Crippen molar-refractivity contribution in [1.82, 2.24) is 14.8 Å². The van der Waals surface area contributed by atoms with Crippen molar-refractivity contribution in [2.75, 3.05) is 46.5 Å². The molecule has 198 valence electrons. The number of aromatic amines is 1. The maximum Gasteiger partial charge on any atom is 0.354 e. The predicted molar refractivity (Wildman–Crippen MR) is 138 cm³/mol. The van der Waals surface area contributed by atoms with Gasteiger partial charge in [-0.3, -0.25) is 14.5 Å². The molecule has 0 radical (unpaired) electrons. The molecule has 0 unspecified atom stereocenters. The fraction of sp³-hybridized carbons (Fsp3) is 0.464. The Bertz CT molecular complexity index is 1220. The third kappa shape index (κ3) is 5.06. The number of H-pyrrole nitrogens is 1. The molecule has 0 spiro atoms. The molecule has 1 aromatic carbocycles. The number of carbonyl (C=O) groups excluding carboxylic acids is 3. The van der Waals surface area contributed by atoms with Crippen LogP contribution in [0.25, 0.3) is 5.76 Å². The minimum Gasteiger partial charge on any atom is -0.507 e. The van der Waals surface area contributed by atoms with Crippen LogP contribution >= 0.6 is 0 Å². The van der Waals surface area contributed by atoms with Gasteiger partial charge in [-0.2, -0.15) is 0 Å². The number of benzene rings is 1. The molecule has 0 saturated carbocycles. The third-order valence-electron chi connectivity index (χ3n) is 7.28. The zero-order valence-electron chi connectivity index (χ0n) is 22.1. The van der Waals surface area contributed by atoms with Crippen LogP contribution in [-0.4, -0.2) is 84.1 Å². The van der Waals surface area contributed by atoms with Gasteiger partial charge in [0, 0.05) is 37.4 Å². The van der Waals surface area contributed by atoms with Crippen molar-refractivity contribution in [2.45, 2.75) is 39.7 Å². The van der Waals surface area contributed by atoms with E-state index in [1.54, 1.807) is 18.7 Å². The van der Waals surface area contributed by atoms with E-state index in [0.717, 1.165) is 24.2 Å². The van der Waals surface area contributed by atoms with Crippen LogP contribution in [0.2, 0.25) is 0 Å². The molecular formula is C28H35N3O6. The average molecular weight is 510 g/mol. The lowest BCUT2D eigenvalue weighted by Gasteiger charge is -2.31. The summed E-state index contributed by atoms with van der Waals surface area (Å²) in [5.74, 6) is -1.94. The number of ether oxygens (including phenoxy) is 2. The molecule has 1 amide bonds. The van der Waals surface area contributed by atoms with Gasteiger partial charge < -0.3 is 24.5 Å². The monoisotopic (exact) mass is 509 g/mol. The first-order valence-corrected chi connectivity index (χ1v) is 12.6. The fourth-order valence-corrected chi connectivity index (χ4v) is 5.14. The van der Waals surface area contributed by atoms with Crippen LogP contribution in [0.3, 0.4) is 0 Å². The van der Waals surface area contributed by atoms with Crippen LogP contribution in [0.4, 0.5) is 0 Å². The van der Waals surface area contributed by atoms with Crippen LogP contribution in [0.1, 0.15) is 64.2 Å². The van der Waals surface area contributed by atoms with Crippen molar-refractivity contribution < 1.29 is 29.0 Å². The van der Waals surface area contributed by atoms with Gasteiger partial charge in [0.25, 0.3) is 11.7 Å². The van der Waals surface area contributed by atoms with E-state index in [9.17, 15) is 19.5 Å². The number of aromatic nitrogens is 1. The number of methoxy groups -OCH3 is 1. The maximum absolute atomic E-state index is 13.4. The van der Waals surface area contributed by atoms with Crippen molar-refractivity contribution in [2.24, 2.45) is 0 Å².